The van der Waals surface area contributed by atoms with E-state index in [1.807, 2.05) is 66.7 Å². The van der Waals surface area contributed by atoms with Crippen molar-refractivity contribution in [3.8, 4) is 27.4 Å². The van der Waals surface area contributed by atoms with Crippen molar-refractivity contribution in [1.82, 2.24) is 4.98 Å². The Morgan fingerprint density at radius 2 is 1.71 bits per heavy atom. The molecule has 0 aliphatic heterocycles. The van der Waals surface area contributed by atoms with E-state index in [-0.39, 0.29) is 0 Å². The maximum absolute atomic E-state index is 6.06. The van der Waals surface area contributed by atoms with Crippen LogP contribution in [0.2, 0.25) is 5.02 Å². The highest BCUT2D eigenvalue weighted by molar-refractivity contribution is 7.19. The zero-order chi connectivity index (χ0) is 21.5. The SMILES string of the molecule is C=CCOc1ccc(/C=N\Nc2nc(-c3ccc(Cl)cc3)c(-c3ccccc3)s2)cc1. The van der Waals surface area contributed by atoms with Gasteiger partial charge >= 0.3 is 0 Å². The van der Waals surface area contributed by atoms with Crippen molar-refractivity contribution < 1.29 is 4.74 Å². The average molecular weight is 446 g/mol. The van der Waals surface area contributed by atoms with Crippen LogP contribution in [0.4, 0.5) is 5.13 Å². The fraction of sp³-hybridized carbons (Fsp3) is 0.0400. The third-order valence-corrected chi connectivity index (χ3v) is 5.66. The minimum Gasteiger partial charge on any atom is -0.490 e. The molecule has 0 aliphatic carbocycles. The number of anilines is 1. The molecule has 0 unspecified atom stereocenters. The predicted octanol–water partition coefficient (Wildman–Crippen LogP) is 7.14. The summed E-state index contributed by atoms with van der Waals surface area (Å²) >= 11 is 7.62. The topological polar surface area (TPSA) is 46.5 Å². The summed E-state index contributed by atoms with van der Waals surface area (Å²) in [7, 11) is 0. The molecule has 4 rings (SSSR count). The van der Waals surface area contributed by atoms with Crippen LogP contribution >= 0.6 is 22.9 Å². The number of benzene rings is 3. The van der Waals surface area contributed by atoms with E-state index in [4.69, 9.17) is 21.3 Å². The van der Waals surface area contributed by atoms with Gasteiger partial charge in [-0.3, -0.25) is 5.43 Å². The molecule has 6 heteroatoms. The number of nitrogens with zero attached hydrogens (tertiary/aromatic N) is 2. The summed E-state index contributed by atoms with van der Waals surface area (Å²) in [5.74, 6) is 0.796. The van der Waals surface area contributed by atoms with E-state index in [0.29, 0.717) is 16.8 Å². The molecule has 4 aromatic rings. The highest BCUT2D eigenvalue weighted by Crippen LogP contribution is 2.39. The summed E-state index contributed by atoms with van der Waals surface area (Å²) in [6.07, 6.45) is 3.47. The molecular weight excluding hydrogens is 426 g/mol. The predicted molar refractivity (Wildman–Crippen MR) is 131 cm³/mol. The fourth-order valence-corrected chi connectivity index (χ4v) is 3.99. The first-order valence-corrected chi connectivity index (χ1v) is 10.9. The minimum atomic E-state index is 0.485. The second-order valence-corrected chi connectivity index (χ2v) is 8.04. The number of halogens is 1. The van der Waals surface area contributed by atoms with Gasteiger partial charge in [0.2, 0.25) is 5.13 Å². The highest BCUT2D eigenvalue weighted by Gasteiger charge is 2.14. The molecule has 0 saturated heterocycles. The van der Waals surface area contributed by atoms with Crippen molar-refractivity contribution >= 4 is 34.3 Å². The summed E-state index contributed by atoms with van der Waals surface area (Å²) < 4.78 is 5.50. The molecule has 1 heterocycles. The van der Waals surface area contributed by atoms with Crippen LogP contribution in [0.15, 0.2) is 96.6 Å². The summed E-state index contributed by atoms with van der Waals surface area (Å²) in [6.45, 7) is 4.13. The number of aromatic nitrogens is 1. The van der Waals surface area contributed by atoms with E-state index >= 15 is 0 Å². The summed E-state index contributed by atoms with van der Waals surface area (Å²) in [4.78, 5) is 5.86. The van der Waals surface area contributed by atoms with Gasteiger partial charge in [0, 0.05) is 10.6 Å². The first-order valence-electron chi connectivity index (χ1n) is 9.68. The van der Waals surface area contributed by atoms with E-state index in [1.54, 1.807) is 23.6 Å². The van der Waals surface area contributed by atoms with Gasteiger partial charge in [0.25, 0.3) is 0 Å². The minimum absolute atomic E-state index is 0.485. The molecule has 31 heavy (non-hydrogen) atoms. The molecule has 1 aromatic heterocycles. The van der Waals surface area contributed by atoms with Gasteiger partial charge in [-0.15, -0.1) is 0 Å². The number of hydrazone groups is 1. The molecule has 0 amide bonds. The Kier molecular flexibility index (Phi) is 6.77. The number of thiazole rings is 1. The fourth-order valence-electron chi connectivity index (χ4n) is 2.92. The van der Waals surface area contributed by atoms with Crippen LogP contribution in [0.3, 0.4) is 0 Å². The van der Waals surface area contributed by atoms with Gasteiger partial charge in [-0.1, -0.05) is 78.1 Å². The first-order chi connectivity index (χ1) is 15.2. The molecule has 0 aliphatic rings. The van der Waals surface area contributed by atoms with Crippen LogP contribution in [0.1, 0.15) is 5.56 Å². The Hall–Kier alpha value is -3.41. The van der Waals surface area contributed by atoms with E-state index in [9.17, 15) is 0 Å². The van der Waals surface area contributed by atoms with Crippen molar-refractivity contribution in [2.24, 2.45) is 5.10 Å². The lowest BCUT2D eigenvalue weighted by Gasteiger charge is -2.02. The molecule has 1 N–H and O–H groups in total. The van der Waals surface area contributed by atoms with Crippen LogP contribution in [-0.4, -0.2) is 17.8 Å². The lowest BCUT2D eigenvalue weighted by atomic mass is 10.1. The zero-order valence-corrected chi connectivity index (χ0v) is 18.2. The van der Waals surface area contributed by atoms with Gasteiger partial charge in [0.1, 0.15) is 12.4 Å². The van der Waals surface area contributed by atoms with Crippen LogP contribution in [0.25, 0.3) is 21.7 Å². The number of rotatable bonds is 8. The van der Waals surface area contributed by atoms with Crippen LogP contribution in [0.5, 0.6) is 5.75 Å². The van der Waals surface area contributed by atoms with Gasteiger partial charge < -0.3 is 4.74 Å². The van der Waals surface area contributed by atoms with E-state index in [1.165, 1.54) is 0 Å². The Balaban J connectivity index is 1.55. The third kappa shape index (κ3) is 5.40. The highest BCUT2D eigenvalue weighted by atomic mass is 35.5. The molecule has 154 valence electrons. The van der Waals surface area contributed by atoms with Crippen molar-refractivity contribution in [3.63, 3.8) is 0 Å². The number of ether oxygens (including phenoxy) is 1. The zero-order valence-electron chi connectivity index (χ0n) is 16.7. The van der Waals surface area contributed by atoms with Gasteiger partial charge in [-0.2, -0.15) is 5.10 Å². The summed E-state index contributed by atoms with van der Waals surface area (Å²) in [5, 5.41) is 5.77. The van der Waals surface area contributed by atoms with Crippen molar-refractivity contribution in [3.05, 3.63) is 102 Å². The van der Waals surface area contributed by atoms with E-state index in [0.717, 1.165) is 33.0 Å². The average Bonchev–Trinajstić information content (AvgIpc) is 3.24. The Morgan fingerprint density at radius 1 is 0.968 bits per heavy atom. The monoisotopic (exact) mass is 445 g/mol. The smallest absolute Gasteiger partial charge is 0.204 e. The Labute approximate surface area is 190 Å². The Morgan fingerprint density at radius 3 is 2.42 bits per heavy atom. The maximum atomic E-state index is 6.06. The lowest BCUT2D eigenvalue weighted by molar-refractivity contribution is 0.363. The summed E-state index contributed by atoms with van der Waals surface area (Å²) in [5.41, 5.74) is 7.03. The molecule has 3 aromatic carbocycles. The molecule has 0 atom stereocenters. The quantitative estimate of drug-likeness (QED) is 0.178. The second-order valence-electron chi connectivity index (χ2n) is 6.61. The van der Waals surface area contributed by atoms with Crippen LogP contribution in [-0.2, 0) is 0 Å². The number of hydrogen-bond acceptors (Lipinski definition) is 5. The molecule has 0 bridgehead atoms. The Bertz CT molecular complexity index is 1170. The second kappa shape index (κ2) is 10.1. The molecule has 0 fully saturated rings. The lowest BCUT2D eigenvalue weighted by Crippen LogP contribution is -1.93. The number of nitrogens with one attached hydrogen (secondary N) is 1. The number of hydrogen-bond donors (Lipinski definition) is 1. The van der Waals surface area contributed by atoms with Crippen molar-refractivity contribution in [1.29, 1.82) is 0 Å². The molecule has 0 spiro atoms. The molecule has 0 saturated carbocycles. The first kappa shape index (κ1) is 20.8. The maximum Gasteiger partial charge on any atom is 0.204 e. The van der Waals surface area contributed by atoms with Gasteiger partial charge in [0.15, 0.2) is 0 Å². The normalized spacial score (nSPS) is 10.9. The van der Waals surface area contributed by atoms with E-state index in [2.05, 4.69) is 29.2 Å². The van der Waals surface area contributed by atoms with Gasteiger partial charge in [0.05, 0.1) is 16.8 Å². The van der Waals surface area contributed by atoms with Gasteiger partial charge in [-0.25, -0.2) is 4.98 Å². The largest absolute Gasteiger partial charge is 0.490 e. The summed E-state index contributed by atoms with van der Waals surface area (Å²) in [6, 6.07) is 25.6. The third-order valence-electron chi connectivity index (χ3n) is 4.40. The van der Waals surface area contributed by atoms with Gasteiger partial charge in [-0.05, 0) is 47.5 Å². The van der Waals surface area contributed by atoms with Crippen LogP contribution in [0, 0.1) is 0 Å². The molecule has 4 nitrogen and oxygen atoms in total. The molecular formula is C25H20ClN3OS. The van der Waals surface area contributed by atoms with Crippen LogP contribution < -0.4 is 10.2 Å². The standard InChI is InChI=1S/C25H20ClN3OS/c1-2-16-30-22-14-8-18(9-15-22)17-27-29-25-28-23(19-10-12-21(26)13-11-19)24(31-25)20-6-4-3-5-7-20/h2-15,17H,1,16H2,(H,28,29)/b27-17-. The van der Waals surface area contributed by atoms with E-state index < -0.39 is 0 Å². The van der Waals surface area contributed by atoms with Crippen molar-refractivity contribution in [2.75, 3.05) is 12.0 Å². The molecule has 0 radical (unpaired) electrons. The van der Waals surface area contributed by atoms with Crippen molar-refractivity contribution in [2.45, 2.75) is 0 Å².